The van der Waals surface area contributed by atoms with Crippen LogP contribution in [0.3, 0.4) is 0 Å². The quantitative estimate of drug-likeness (QED) is 0.0844. The van der Waals surface area contributed by atoms with Crippen LogP contribution >= 0.6 is 20.9 Å². The van der Waals surface area contributed by atoms with E-state index >= 15 is 0 Å². The van der Waals surface area contributed by atoms with Crippen molar-refractivity contribution in [2.45, 2.75) is 109 Å². The van der Waals surface area contributed by atoms with Gasteiger partial charge in [0.1, 0.15) is 0 Å². The van der Waals surface area contributed by atoms with Gasteiger partial charge in [-0.15, -0.1) is 0 Å². The van der Waals surface area contributed by atoms with Crippen LogP contribution in [0, 0.1) is 11.8 Å². The Hall–Kier alpha value is 0.450. The van der Waals surface area contributed by atoms with Crippen LogP contribution in [0.4, 0.5) is 0 Å². The molecule has 4 unspecified atom stereocenters. The van der Waals surface area contributed by atoms with Gasteiger partial charge in [0.15, 0.2) is 0 Å². The van der Waals surface area contributed by atoms with Gasteiger partial charge in [0.25, 0.3) is 0 Å². The molecule has 7 N–H and O–H groups in total. The minimum atomic E-state index is -2.71. The summed E-state index contributed by atoms with van der Waals surface area (Å²) in [6.07, 6.45) is 11.0. The fourth-order valence-electron chi connectivity index (χ4n) is 4.79. The zero-order chi connectivity index (χ0) is 21.6. The second kappa shape index (κ2) is 16.1. The number of unbranched alkanes of at least 4 members (excludes halogenated alkanes) is 4. The summed E-state index contributed by atoms with van der Waals surface area (Å²) >= 11 is -2.71. The van der Waals surface area contributed by atoms with Gasteiger partial charge in [-0.3, -0.25) is 0 Å². The molecule has 0 aromatic heterocycles. The Morgan fingerprint density at radius 1 is 1.10 bits per heavy atom. The van der Waals surface area contributed by atoms with Crippen LogP contribution in [0.25, 0.3) is 0 Å². The third-order valence-electron chi connectivity index (χ3n) is 6.18. The fourth-order valence-corrected chi connectivity index (χ4v) is 6.04. The van der Waals surface area contributed by atoms with Crippen LogP contribution in [-0.2, 0) is 7.80 Å². The van der Waals surface area contributed by atoms with E-state index in [0.717, 1.165) is 57.9 Å². The van der Waals surface area contributed by atoms with E-state index in [0.29, 0.717) is 17.9 Å². The van der Waals surface area contributed by atoms with E-state index in [1.54, 1.807) is 6.92 Å². The molecule has 176 valence electrons. The standard InChI is InChI=1S/C21H46IN3O4/c1-4-5-7-10-17(29-22(24)27)12-13-19-18(11-8-6-9-14-23)20(25-3)15-21(19)28-16(2)26/h16-21,25-27H,4-15,23-24H2,1-3H3/t16?,17?,18-,19-,20?,21?/m1/s1. The van der Waals surface area contributed by atoms with Gasteiger partial charge in [0.05, 0.1) is 0 Å². The summed E-state index contributed by atoms with van der Waals surface area (Å²) in [6, 6.07) is 0.400. The zero-order valence-corrected chi connectivity index (χ0v) is 20.9. The third kappa shape index (κ3) is 11.0. The number of halogens is 1. The van der Waals surface area contributed by atoms with Crippen molar-refractivity contribution in [3.8, 4) is 0 Å². The van der Waals surface area contributed by atoms with Crippen molar-refractivity contribution in [3.05, 3.63) is 0 Å². The van der Waals surface area contributed by atoms with Crippen LogP contribution in [0.1, 0.15) is 84.5 Å². The number of aliphatic hydroxyl groups is 1. The Kier molecular flexibility index (Phi) is 15.3. The molecule has 6 atom stereocenters. The van der Waals surface area contributed by atoms with Gasteiger partial charge in [-0.25, -0.2) is 0 Å². The van der Waals surface area contributed by atoms with Gasteiger partial charge in [-0.1, -0.05) is 0 Å². The first kappa shape index (κ1) is 27.5. The summed E-state index contributed by atoms with van der Waals surface area (Å²) in [6.45, 7) is 4.63. The van der Waals surface area contributed by atoms with Gasteiger partial charge >= 0.3 is 187 Å². The van der Waals surface area contributed by atoms with Crippen molar-refractivity contribution in [2.75, 3.05) is 13.6 Å². The van der Waals surface area contributed by atoms with Crippen molar-refractivity contribution < 1.29 is 16.3 Å². The van der Waals surface area contributed by atoms with Crippen molar-refractivity contribution in [1.29, 1.82) is 0 Å². The molecule has 0 bridgehead atoms. The molecule has 0 radical (unpaired) electrons. The van der Waals surface area contributed by atoms with E-state index in [4.69, 9.17) is 17.5 Å². The Morgan fingerprint density at radius 2 is 1.86 bits per heavy atom. The molecule has 1 fully saturated rings. The minimum absolute atomic E-state index is 0.0282. The number of nitrogens with one attached hydrogen (secondary N) is 1. The summed E-state index contributed by atoms with van der Waals surface area (Å²) < 4.78 is 27.0. The number of aliphatic hydroxyl groups excluding tert-OH is 1. The maximum absolute atomic E-state index is 9.84. The summed E-state index contributed by atoms with van der Waals surface area (Å²) in [4.78, 5) is 0. The van der Waals surface area contributed by atoms with E-state index in [1.165, 1.54) is 19.3 Å². The number of rotatable bonds is 17. The molecule has 7 nitrogen and oxygen atoms in total. The first-order valence-electron chi connectivity index (χ1n) is 11.4. The van der Waals surface area contributed by atoms with Crippen molar-refractivity contribution in [2.24, 2.45) is 21.5 Å². The van der Waals surface area contributed by atoms with Crippen LogP contribution in [-0.4, -0.2) is 46.7 Å². The van der Waals surface area contributed by atoms with E-state index < -0.39 is 27.2 Å². The molecule has 8 heteroatoms. The second-order valence-corrected chi connectivity index (χ2v) is 10.4. The van der Waals surface area contributed by atoms with E-state index in [2.05, 4.69) is 12.2 Å². The Bertz CT molecular complexity index is 404. The number of hydrogen-bond acceptors (Lipinski definition) is 7. The summed E-state index contributed by atoms with van der Waals surface area (Å²) in [5.41, 5.74) is 5.65. The Labute approximate surface area is 186 Å². The summed E-state index contributed by atoms with van der Waals surface area (Å²) in [7, 11) is 2.02. The van der Waals surface area contributed by atoms with Gasteiger partial charge in [-0.2, -0.15) is 0 Å². The first-order valence-corrected chi connectivity index (χ1v) is 14.5. The molecule has 0 heterocycles. The normalized spacial score (nSPS) is 27.2. The van der Waals surface area contributed by atoms with E-state index in [1.807, 2.05) is 7.05 Å². The number of ether oxygens (including phenoxy) is 1. The van der Waals surface area contributed by atoms with Crippen molar-refractivity contribution >= 4 is 20.9 Å². The number of hydrogen-bond donors (Lipinski definition) is 5. The molecule has 1 aliphatic rings. The third-order valence-corrected chi connectivity index (χ3v) is 7.42. The zero-order valence-electron chi connectivity index (χ0n) is 18.7. The topological polar surface area (TPSA) is 123 Å². The van der Waals surface area contributed by atoms with Crippen LogP contribution in [0.2, 0.25) is 0 Å². The van der Waals surface area contributed by atoms with Crippen molar-refractivity contribution in [3.63, 3.8) is 0 Å². The van der Waals surface area contributed by atoms with Crippen molar-refractivity contribution in [1.82, 2.24) is 5.32 Å². The van der Waals surface area contributed by atoms with Gasteiger partial charge in [0, 0.05) is 0 Å². The molecule has 0 aliphatic heterocycles. The van der Waals surface area contributed by atoms with Gasteiger partial charge in [-0.05, 0) is 0 Å². The molecule has 1 aliphatic carbocycles. The van der Waals surface area contributed by atoms with Crippen LogP contribution < -0.4 is 15.0 Å². The predicted molar refractivity (Wildman–Crippen MR) is 127 cm³/mol. The second-order valence-electron chi connectivity index (χ2n) is 8.41. The van der Waals surface area contributed by atoms with Crippen LogP contribution in [0.15, 0.2) is 0 Å². The molecular weight excluding hydrogens is 485 g/mol. The molecule has 0 aromatic rings. The molecular formula is C21H46IN3O4. The molecule has 29 heavy (non-hydrogen) atoms. The van der Waals surface area contributed by atoms with E-state index in [-0.39, 0.29) is 12.2 Å². The first-order chi connectivity index (χ1) is 13.9. The van der Waals surface area contributed by atoms with E-state index in [9.17, 15) is 8.54 Å². The Balaban J connectivity index is 2.76. The SMILES string of the molecule is CCCCCC(CC[C@H]1C(OC(C)O)CC(NC)[C@@H]1CCCCCN)OI(N)O. The maximum atomic E-state index is 9.84. The summed E-state index contributed by atoms with van der Waals surface area (Å²) in [5, 5.41) is 13.3. The predicted octanol–water partition coefficient (Wildman–Crippen LogP) is 3.40. The Morgan fingerprint density at radius 3 is 2.45 bits per heavy atom. The van der Waals surface area contributed by atoms with Crippen LogP contribution in [0.5, 0.6) is 0 Å². The fraction of sp³-hybridized carbons (Fsp3) is 1.00. The van der Waals surface area contributed by atoms with Gasteiger partial charge < -0.3 is 0 Å². The number of nitrogens with two attached hydrogens (primary N) is 2. The molecule has 1 rings (SSSR count). The molecule has 0 amide bonds. The average Bonchev–Trinajstić information content (AvgIpc) is 2.98. The molecule has 0 aromatic carbocycles. The summed E-state index contributed by atoms with van der Waals surface area (Å²) in [5.74, 6) is 0.885. The molecule has 0 spiro atoms. The average molecular weight is 532 g/mol. The molecule has 1 saturated carbocycles. The molecule has 0 saturated heterocycles. The monoisotopic (exact) mass is 531 g/mol. The van der Waals surface area contributed by atoms with Gasteiger partial charge in [0.2, 0.25) is 0 Å².